The summed E-state index contributed by atoms with van der Waals surface area (Å²) in [6, 6.07) is 6.15. The molecule has 144 valence electrons. The Hall–Kier alpha value is -1.79. The Bertz CT molecular complexity index is 630. The monoisotopic (exact) mass is 381 g/mol. The van der Waals surface area contributed by atoms with Gasteiger partial charge in [0.05, 0.1) is 6.61 Å². The number of hydrogen-bond acceptors (Lipinski definition) is 4. The predicted octanol–water partition coefficient (Wildman–Crippen LogP) is 2.15. The van der Waals surface area contributed by atoms with Gasteiger partial charge in [0, 0.05) is 24.7 Å². The summed E-state index contributed by atoms with van der Waals surface area (Å²) < 4.78 is 5.02. The molecular formula is C19H28ClN3O3. The molecule has 1 aromatic rings. The van der Waals surface area contributed by atoms with Gasteiger partial charge in [-0.25, -0.2) is 4.79 Å². The number of benzene rings is 1. The summed E-state index contributed by atoms with van der Waals surface area (Å²) in [5, 5.41) is 6.50. The Balaban J connectivity index is 0.00000243. The quantitative estimate of drug-likeness (QED) is 0.841. The van der Waals surface area contributed by atoms with Crippen LogP contribution in [0.25, 0.3) is 0 Å². The average molecular weight is 382 g/mol. The highest BCUT2D eigenvalue weighted by atomic mass is 35.5. The van der Waals surface area contributed by atoms with E-state index in [-0.39, 0.29) is 30.4 Å². The molecule has 1 aromatic carbocycles. The highest BCUT2D eigenvalue weighted by Gasteiger charge is 2.25. The van der Waals surface area contributed by atoms with Gasteiger partial charge in [0.25, 0.3) is 5.91 Å². The van der Waals surface area contributed by atoms with Crippen LogP contribution in [0.1, 0.15) is 41.3 Å². The lowest BCUT2D eigenvalue weighted by Gasteiger charge is -2.31. The lowest BCUT2D eigenvalue weighted by Crippen LogP contribution is -2.46. The van der Waals surface area contributed by atoms with Crippen molar-refractivity contribution in [2.24, 2.45) is 0 Å². The van der Waals surface area contributed by atoms with E-state index in [1.807, 2.05) is 19.1 Å². The Kier molecular flexibility index (Phi) is 7.72. The van der Waals surface area contributed by atoms with E-state index >= 15 is 0 Å². The minimum atomic E-state index is -0.258. The van der Waals surface area contributed by atoms with Crippen molar-refractivity contribution < 1.29 is 14.3 Å². The van der Waals surface area contributed by atoms with E-state index < -0.39 is 0 Å². The molecule has 2 aliphatic heterocycles. The molecule has 6 nitrogen and oxygen atoms in total. The fourth-order valence-corrected chi connectivity index (χ4v) is 3.50. The maximum atomic E-state index is 12.6. The van der Waals surface area contributed by atoms with Crippen molar-refractivity contribution in [1.29, 1.82) is 0 Å². The minimum absolute atomic E-state index is 0. The zero-order valence-corrected chi connectivity index (χ0v) is 16.1. The van der Waals surface area contributed by atoms with E-state index in [0.717, 1.165) is 44.3 Å². The van der Waals surface area contributed by atoms with Crippen LogP contribution in [0.5, 0.6) is 0 Å². The van der Waals surface area contributed by atoms with Crippen molar-refractivity contribution in [2.75, 3.05) is 32.8 Å². The van der Waals surface area contributed by atoms with Crippen molar-refractivity contribution in [2.45, 2.75) is 38.6 Å². The van der Waals surface area contributed by atoms with Crippen molar-refractivity contribution in [3.63, 3.8) is 0 Å². The molecule has 3 rings (SSSR count). The van der Waals surface area contributed by atoms with Crippen molar-refractivity contribution in [3.05, 3.63) is 34.9 Å². The first-order chi connectivity index (χ1) is 12.2. The van der Waals surface area contributed by atoms with Crippen molar-refractivity contribution >= 4 is 24.4 Å². The van der Waals surface area contributed by atoms with Crippen LogP contribution < -0.4 is 10.6 Å². The number of rotatable bonds is 3. The first kappa shape index (κ1) is 20.5. The molecule has 2 aliphatic rings. The molecule has 7 heteroatoms. The molecule has 0 bridgehead atoms. The number of nitrogens with one attached hydrogen (secondary N) is 2. The summed E-state index contributed by atoms with van der Waals surface area (Å²) >= 11 is 0. The van der Waals surface area contributed by atoms with Crippen LogP contribution in [0, 0.1) is 0 Å². The SMILES string of the molecule is CCOC(=O)N1CCC(NC(=O)c2ccc3c(c2)CCNCC3)CC1.Cl. The summed E-state index contributed by atoms with van der Waals surface area (Å²) in [6.07, 6.45) is 3.25. The summed E-state index contributed by atoms with van der Waals surface area (Å²) in [4.78, 5) is 26.0. The van der Waals surface area contributed by atoms with E-state index in [1.165, 1.54) is 11.1 Å². The average Bonchev–Trinajstić information content (AvgIpc) is 2.87. The van der Waals surface area contributed by atoms with Gasteiger partial charge in [-0.15, -0.1) is 12.4 Å². The molecule has 0 aliphatic carbocycles. The Morgan fingerprint density at radius 3 is 2.58 bits per heavy atom. The summed E-state index contributed by atoms with van der Waals surface area (Å²) in [7, 11) is 0. The lowest BCUT2D eigenvalue weighted by molar-refractivity contribution is 0.0860. The van der Waals surface area contributed by atoms with Crippen LogP contribution >= 0.6 is 12.4 Å². The van der Waals surface area contributed by atoms with Crippen LogP contribution in [-0.2, 0) is 17.6 Å². The molecule has 1 fully saturated rings. The molecule has 0 spiro atoms. The molecule has 0 atom stereocenters. The molecule has 0 radical (unpaired) electrons. The van der Waals surface area contributed by atoms with E-state index in [2.05, 4.69) is 16.7 Å². The van der Waals surface area contributed by atoms with E-state index in [0.29, 0.717) is 19.7 Å². The number of nitrogens with zero attached hydrogens (tertiary/aromatic N) is 1. The van der Waals surface area contributed by atoms with Gasteiger partial charge < -0.3 is 20.3 Å². The number of fused-ring (bicyclic) bond motifs is 1. The third kappa shape index (κ3) is 5.11. The van der Waals surface area contributed by atoms with Crippen LogP contribution in [-0.4, -0.2) is 55.7 Å². The van der Waals surface area contributed by atoms with Gasteiger partial charge in [-0.05, 0) is 69.0 Å². The molecular weight excluding hydrogens is 354 g/mol. The Morgan fingerprint density at radius 2 is 1.88 bits per heavy atom. The highest BCUT2D eigenvalue weighted by Crippen LogP contribution is 2.17. The zero-order valence-electron chi connectivity index (χ0n) is 15.3. The molecule has 2 heterocycles. The number of amides is 2. The molecule has 0 saturated carbocycles. The number of piperidine rings is 1. The number of carbonyl (C=O) groups excluding carboxylic acids is 2. The van der Waals surface area contributed by atoms with E-state index in [9.17, 15) is 9.59 Å². The predicted molar refractivity (Wildman–Crippen MR) is 103 cm³/mol. The van der Waals surface area contributed by atoms with Gasteiger partial charge in [-0.3, -0.25) is 4.79 Å². The summed E-state index contributed by atoms with van der Waals surface area (Å²) in [5.41, 5.74) is 3.34. The third-order valence-electron chi connectivity index (χ3n) is 4.97. The first-order valence-corrected chi connectivity index (χ1v) is 9.22. The number of hydrogen-bond donors (Lipinski definition) is 2. The Morgan fingerprint density at radius 1 is 1.19 bits per heavy atom. The summed E-state index contributed by atoms with van der Waals surface area (Å²) in [6.45, 7) is 5.41. The standard InChI is InChI=1S/C19H27N3O3.ClH/c1-2-25-19(24)22-11-7-17(8-12-22)21-18(23)16-4-3-14-5-9-20-10-6-15(14)13-16;/h3-4,13,17,20H,2,5-12H2,1H3,(H,21,23);1H. The number of carbonyl (C=O) groups is 2. The zero-order chi connectivity index (χ0) is 17.6. The van der Waals surface area contributed by atoms with E-state index in [4.69, 9.17) is 4.74 Å². The molecule has 26 heavy (non-hydrogen) atoms. The van der Waals surface area contributed by atoms with E-state index in [1.54, 1.807) is 4.90 Å². The van der Waals surface area contributed by atoms with Crippen LogP contribution in [0.4, 0.5) is 4.79 Å². The first-order valence-electron chi connectivity index (χ1n) is 9.22. The lowest BCUT2D eigenvalue weighted by atomic mass is 9.99. The normalized spacial score (nSPS) is 17.5. The number of halogens is 1. The maximum absolute atomic E-state index is 12.6. The van der Waals surface area contributed by atoms with Gasteiger partial charge in [0.1, 0.15) is 0 Å². The van der Waals surface area contributed by atoms with Crippen LogP contribution in [0.3, 0.4) is 0 Å². The smallest absolute Gasteiger partial charge is 0.409 e. The van der Waals surface area contributed by atoms with Gasteiger partial charge in [0.15, 0.2) is 0 Å². The molecule has 0 unspecified atom stereocenters. The second-order valence-corrected chi connectivity index (χ2v) is 6.67. The van der Waals surface area contributed by atoms with Gasteiger partial charge >= 0.3 is 6.09 Å². The largest absolute Gasteiger partial charge is 0.450 e. The van der Waals surface area contributed by atoms with Crippen molar-refractivity contribution in [3.8, 4) is 0 Å². The second-order valence-electron chi connectivity index (χ2n) is 6.67. The maximum Gasteiger partial charge on any atom is 0.409 e. The number of likely N-dealkylation sites (tertiary alicyclic amines) is 1. The summed E-state index contributed by atoms with van der Waals surface area (Å²) in [5.74, 6) is -0.0189. The van der Waals surface area contributed by atoms with Gasteiger partial charge in [0.2, 0.25) is 0 Å². The van der Waals surface area contributed by atoms with Crippen LogP contribution in [0.2, 0.25) is 0 Å². The second kappa shape index (κ2) is 9.78. The minimum Gasteiger partial charge on any atom is -0.450 e. The topological polar surface area (TPSA) is 70.7 Å². The Labute approximate surface area is 161 Å². The third-order valence-corrected chi connectivity index (χ3v) is 4.97. The van der Waals surface area contributed by atoms with Crippen LogP contribution in [0.15, 0.2) is 18.2 Å². The highest BCUT2D eigenvalue weighted by molar-refractivity contribution is 5.94. The molecule has 1 saturated heterocycles. The fraction of sp³-hybridized carbons (Fsp3) is 0.579. The van der Waals surface area contributed by atoms with Crippen molar-refractivity contribution in [1.82, 2.24) is 15.5 Å². The molecule has 2 N–H and O–H groups in total. The molecule has 2 amide bonds. The van der Waals surface area contributed by atoms with Gasteiger partial charge in [-0.2, -0.15) is 0 Å². The fourth-order valence-electron chi connectivity index (χ4n) is 3.50. The van der Waals surface area contributed by atoms with Gasteiger partial charge in [-0.1, -0.05) is 6.07 Å². The molecule has 0 aromatic heterocycles. The number of ether oxygens (including phenoxy) is 1.